The summed E-state index contributed by atoms with van der Waals surface area (Å²) in [5.41, 5.74) is 1.88. The Hall–Kier alpha value is -1.90. The molecule has 0 atom stereocenters. The molecule has 1 aromatic heterocycles. The molecule has 0 unspecified atom stereocenters. The van der Waals surface area contributed by atoms with Gasteiger partial charge in [0.1, 0.15) is 12.4 Å². The summed E-state index contributed by atoms with van der Waals surface area (Å²) < 4.78 is 18.3. The van der Waals surface area contributed by atoms with Crippen LogP contribution in [0.5, 0.6) is 5.88 Å². The third-order valence-corrected chi connectivity index (χ3v) is 2.17. The van der Waals surface area contributed by atoms with Crippen molar-refractivity contribution in [3.05, 3.63) is 59.5 Å². The van der Waals surface area contributed by atoms with Gasteiger partial charge in [0.25, 0.3) is 0 Å². The van der Waals surface area contributed by atoms with Crippen molar-refractivity contribution >= 4 is 0 Å². The number of ether oxygens (including phenoxy) is 1. The number of benzene rings is 1. The highest BCUT2D eigenvalue weighted by atomic mass is 19.1. The predicted octanol–water partition coefficient (Wildman–Crippen LogP) is 3.11. The Bertz CT molecular complexity index is 439. The first-order valence-electron chi connectivity index (χ1n) is 5.04. The molecule has 0 aliphatic heterocycles. The van der Waals surface area contributed by atoms with Crippen LogP contribution in [0.15, 0.2) is 42.6 Å². The van der Waals surface area contributed by atoms with Crippen molar-refractivity contribution in [2.24, 2.45) is 0 Å². The molecule has 1 aromatic carbocycles. The quantitative estimate of drug-likeness (QED) is 0.788. The molecule has 0 saturated carbocycles. The molecule has 1 heterocycles. The van der Waals surface area contributed by atoms with Crippen molar-refractivity contribution in [3.8, 4) is 5.88 Å². The zero-order chi connectivity index (χ0) is 11.4. The van der Waals surface area contributed by atoms with Crippen molar-refractivity contribution in [2.45, 2.75) is 13.5 Å². The maximum atomic E-state index is 12.9. The van der Waals surface area contributed by atoms with Crippen molar-refractivity contribution in [1.29, 1.82) is 0 Å². The third kappa shape index (κ3) is 2.79. The molecule has 82 valence electrons. The first-order valence-corrected chi connectivity index (χ1v) is 5.04. The van der Waals surface area contributed by atoms with Gasteiger partial charge in [-0.2, -0.15) is 0 Å². The molecule has 0 saturated heterocycles. The Morgan fingerprint density at radius 3 is 2.88 bits per heavy atom. The van der Waals surface area contributed by atoms with E-state index in [9.17, 15) is 4.39 Å². The first kappa shape index (κ1) is 10.6. The van der Waals surface area contributed by atoms with Gasteiger partial charge in [-0.15, -0.1) is 0 Å². The van der Waals surface area contributed by atoms with E-state index in [1.807, 2.05) is 25.1 Å². The third-order valence-electron chi connectivity index (χ3n) is 2.17. The molecule has 2 aromatic rings. The maximum Gasteiger partial charge on any atom is 0.213 e. The molecule has 3 heteroatoms. The second kappa shape index (κ2) is 4.75. The molecular weight excluding hydrogens is 205 g/mol. The fourth-order valence-corrected chi connectivity index (χ4v) is 1.37. The average molecular weight is 217 g/mol. The van der Waals surface area contributed by atoms with Crippen LogP contribution in [0.1, 0.15) is 11.1 Å². The van der Waals surface area contributed by atoms with Crippen molar-refractivity contribution in [2.75, 3.05) is 0 Å². The summed E-state index contributed by atoms with van der Waals surface area (Å²) in [5, 5.41) is 0. The first-order chi connectivity index (χ1) is 7.74. The highest BCUT2D eigenvalue weighted by molar-refractivity contribution is 5.20. The fraction of sp³-hybridized carbons (Fsp3) is 0.154. The van der Waals surface area contributed by atoms with Crippen molar-refractivity contribution in [3.63, 3.8) is 0 Å². The number of hydrogen-bond donors (Lipinski definition) is 0. The summed E-state index contributed by atoms with van der Waals surface area (Å²) >= 11 is 0. The molecule has 0 fully saturated rings. The largest absolute Gasteiger partial charge is 0.473 e. The Morgan fingerprint density at radius 1 is 1.25 bits per heavy atom. The van der Waals surface area contributed by atoms with E-state index in [0.29, 0.717) is 12.5 Å². The molecule has 0 bridgehead atoms. The molecule has 0 radical (unpaired) electrons. The highest BCUT2D eigenvalue weighted by Crippen LogP contribution is 2.11. The summed E-state index contributed by atoms with van der Waals surface area (Å²) in [4.78, 5) is 4.06. The van der Waals surface area contributed by atoms with E-state index in [4.69, 9.17) is 4.74 Å². The molecule has 0 aliphatic rings. The molecule has 0 aliphatic carbocycles. The molecular formula is C13H12FNO. The van der Waals surface area contributed by atoms with E-state index in [1.54, 1.807) is 12.3 Å². The van der Waals surface area contributed by atoms with Crippen LogP contribution < -0.4 is 4.74 Å². The number of aromatic nitrogens is 1. The Balaban J connectivity index is 2.02. The lowest BCUT2D eigenvalue weighted by molar-refractivity contribution is 0.293. The SMILES string of the molecule is Cc1ccnc(OCc2cccc(F)c2)c1. The molecule has 0 N–H and O–H groups in total. The van der Waals surface area contributed by atoms with E-state index in [0.717, 1.165) is 11.1 Å². The van der Waals surface area contributed by atoms with Crippen LogP contribution in [0.2, 0.25) is 0 Å². The summed E-state index contributed by atoms with van der Waals surface area (Å²) in [6.07, 6.45) is 1.69. The van der Waals surface area contributed by atoms with Gasteiger partial charge in [0.2, 0.25) is 5.88 Å². The van der Waals surface area contributed by atoms with Crippen LogP contribution in [0.4, 0.5) is 4.39 Å². The van der Waals surface area contributed by atoms with Gasteiger partial charge in [-0.1, -0.05) is 12.1 Å². The monoisotopic (exact) mass is 217 g/mol. The molecule has 2 nitrogen and oxygen atoms in total. The zero-order valence-corrected chi connectivity index (χ0v) is 8.98. The topological polar surface area (TPSA) is 22.1 Å². The minimum Gasteiger partial charge on any atom is -0.473 e. The second-order valence-electron chi connectivity index (χ2n) is 3.59. The standard InChI is InChI=1S/C13H12FNO/c1-10-5-6-15-13(7-10)16-9-11-3-2-4-12(14)8-11/h2-8H,9H2,1H3. The molecule has 0 spiro atoms. The summed E-state index contributed by atoms with van der Waals surface area (Å²) in [6.45, 7) is 2.30. The summed E-state index contributed by atoms with van der Waals surface area (Å²) in [5.74, 6) is 0.308. The Kier molecular flexibility index (Phi) is 3.15. The van der Waals surface area contributed by atoms with Gasteiger partial charge in [0.05, 0.1) is 0 Å². The van der Waals surface area contributed by atoms with E-state index in [-0.39, 0.29) is 5.82 Å². The second-order valence-corrected chi connectivity index (χ2v) is 3.59. The number of halogens is 1. The number of hydrogen-bond acceptors (Lipinski definition) is 2. The smallest absolute Gasteiger partial charge is 0.213 e. The van der Waals surface area contributed by atoms with Crippen LogP contribution in [0.3, 0.4) is 0 Å². The van der Waals surface area contributed by atoms with Gasteiger partial charge >= 0.3 is 0 Å². The number of rotatable bonds is 3. The lowest BCUT2D eigenvalue weighted by Gasteiger charge is -2.05. The maximum absolute atomic E-state index is 12.9. The van der Waals surface area contributed by atoms with Crippen LogP contribution in [0.25, 0.3) is 0 Å². The van der Waals surface area contributed by atoms with Gasteiger partial charge in [0.15, 0.2) is 0 Å². The number of aryl methyl sites for hydroxylation is 1. The van der Waals surface area contributed by atoms with Crippen molar-refractivity contribution < 1.29 is 9.13 Å². The highest BCUT2D eigenvalue weighted by Gasteiger charge is 1.98. The summed E-state index contributed by atoms with van der Waals surface area (Å²) in [7, 11) is 0. The van der Waals surface area contributed by atoms with Gasteiger partial charge < -0.3 is 4.74 Å². The zero-order valence-electron chi connectivity index (χ0n) is 8.98. The Labute approximate surface area is 93.7 Å². The minimum atomic E-state index is -0.252. The predicted molar refractivity (Wildman–Crippen MR) is 59.7 cm³/mol. The molecule has 2 rings (SSSR count). The lowest BCUT2D eigenvalue weighted by Crippen LogP contribution is -1.97. The van der Waals surface area contributed by atoms with Gasteiger partial charge in [-0.05, 0) is 36.2 Å². The van der Waals surface area contributed by atoms with E-state index >= 15 is 0 Å². The number of nitrogens with zero attached hydrogens (tertiary/aromatic N) is 1. The summed E-state index contributed by atoms with van der Waals surface area (Å²) in [6, 6.07) is 10.1. The van der Waals surface area contributed by atoms with E-state index < -0.39 is 0 Å². The molecule has 16 heavy (non-hydrogen) atoms. The molecule has 0 amide bonds. The van der Waals surface area contributed by atoms with E-state index in [2.05, 4.69) is 4.98 Å². The van der Waals surface area contributed by atoms with Gasteiger partial charge in [-0.25, -0.2) is 9.37 Å². The van der Waals surface area contributed by atoms with Crippen LogP contribution >= 0.6 is 0 Å². The lowest BCUT2D eigenvalue weighted by atomic mass is 10.2. The van der Waals surface area contributed by atoms with Crippen molar-refractivity contribution in [1.82, 2.24) is 4.98 Å². The average Bonchev–Trinajstić information content (AvgIpc) is 2.27. The Morgan fingerprint density at radius 2 is 2.12 bits per heavy atom. The van der Waals surface area contributed by atoms with E-state index in [1.165, 1.54) is 12.1 Å². The number of pyridine rings is 1. The van der Waals surface area contributed by atoms with Gasteiger partial charge in [-0.3, -0.25) is 0 Å². The van der Waals surface area contributed by atoms with Crippen LogP contribution in [-0.2, 0) is 6.61 Å². The fourth-order valence-electron chi connectivity index (χ4n) is 1.37. The van der Waals surface area contributed by atoms with Crippen LogP contribution in [-0.4, -0.2) is 4.98 Å². The van der Waals surface area contributed by atoms with Crippen LogP contribution in [0, 0.1) is 12.7 Å². The normalized spacial score (nSPS) is 10.1. The minimum absolute atomic E-state index is 0.252. The van der Waals surface area contributed by atoms with Gasteiger partial charge in [0, 0.05) is 12.3 Å².